The third-order valence-electron chi connectivity index (χ3n) is 3.63. The highest BCUT2D eigenvalue weighted by atomic mass is 16.5. The van der Waals surface area contributed by atoms with E-state index in [1.54, 1.807) is 4.90 Å². The summed E-state index contributed by atoms with van der Waals surface area (Å²) < 4.78 is 4.67. The first-order valence-corrected chi connectivity index (χ1v) is 7.58. The molecule has 2 N–H and O–H groups in total. The average Bonchev–Trinajstić information content (AvgIpc) is 2.43. The van der Waals surface area contributed by atoms with Crippen molar-refractivity contribution < 1.29 is 14.3 Å². The maximum atomic E-state index is 12.3. The van der Waals surface area contributed by atoms with E-state index < -0.39 is 0 Å². The molecule has 0 radical (unpaired) electrons. The molecule has 1 atom stereocenters. The molecule has 0 aliphatic rings. The minimum atomic E-state index is -0.381. The van der Waals surface area contributed by atoms with Gasteiger partial charge in [0.2, 0.25) is 5.91 Å². The van der Waals surface area contributed by atoms with Gasteiger partial charge in [0, 0.05) is 19.0 Å². The summed E-state index contributed by atoms with van der Waals surface area (Å²) in [7, 11) is 1.34. The normalized spacial score (nSPS) is 12.3. The number of nitrogens with two attached hydrogens (primary N) is 1. The Labute approximate surface area is 122 Å². The molecule has 5 heteroatoms. The molecule has 0 aliphatic heterocycles. The van der Waals surface area contributed by atoms with Crippen LogP contribution in [0.3, 0.4) is 0 Å². The van der Waals surface area contributed by atoms with Gasteiger partial charge in [-0.05, 0) is 12.3 Å². The summed E-state index contributed by atoms with van der Waals surface area (Å²) in [5.41, 5.74) is 5.92. The fourth-order valence-corrected chi connectivity index (χ4v) is 2.16. The van der Waals surface area contributed by atoms with E-state index in [4.69, 9.17) is 5.73 Å². The van der Waals surface area contributed by atoms with Gasteiger partial charge in [0.15, 0.2) is 0 Å². The molecule has 0 fully saturated rings. The van der Waals surface area contributed by atoms with E-state index in [9.17, 15) is 9.59 Å². The van der Waals surface area contributed by atoms with Crippen molar-refractivity contribution in [2.75, 3.05) is 20.2 Å². The number of methoxy groups -OCH3 is 1. The second-order valence-corrected chi connectivity index (χ2v) is 5.29. The Morgan fingerprint density at radius 3 is 2.25 bits per heavy atom. The van der Waals surface area contributed by atoms with Crippen molar-refractivity contribution in [1.29, 1.82) is 0 Å². The van der Waals surface area contributed by atoms with Crippen molar-refractivity contribution in [3.63, 3.8) is 0 Å². The van der Waals surface area contributed by atoms with Gasteiger partial charge in [-0.3, -0.25) is 9.59 Å². The highest BCUT2D eigenvalue weighted by Crippen LogP contribution is 2.12. The molecule has 0 heterocycles. The number of hydrogen-bond donors (Lipinski definition) is 1. The molecule has 1 amide bonds. The lowest BCUT2D eigenvalue weighted by molar-refractivity contribution is -0.147. The third-order valence-corrected chi connectivity index (χ3v) is 3.63. The van der Waals surface area contributed by atoms with Crippen molar-refractivity contribution in [1.82, 2.24) is 4.90 Å². The molecule has 0 spiro atoms. The molecular weight excluding hydrogens is 256 g/mol. The van der Waals surface area contributed by atoms with Crippen molar-refractivity contribution in [3.8, 4) is 0 Å². The Kier molecular flexibility index (Phi) is 10.1. The quantitative estimate of drug-likeness (QED) is 0.623. The van der Waals surface area contributed by atoms with Crippen LogP contribution in [0.2, 0.25) is 0 Å². The fourth-order valence-electron chi connectivity index (χ4n) is 2.16. The lowest BCUT2D eigenvalue weighted by Gasteiger charge is -2.26. The van der Waals surface area contributed by atoms with Gasteiger partial charge in [0.25, 0.3) is 0 Å². The Morgan fingerprint density at radius 1 is 1.20 bits per heavy atom. The predicted molar refractivity (Wildman–Crippen MR) is 80.2 cm³/mol. The van der Waals surface area contributed by atoms with Gasteiger partial charge in [-0.15, -0.1) is 0 Å². The van der Waals surface area contributed by atoms with Crippen LogP contribution in [-0.4, -0.2) is 43.0 Å². The minimum absolute atomic E-state index is 0.0185. The third kappa shape index (κ3) is 7.48. The molecule has 20 heavy (non-hydrogen) atoms. The Hall–Kier alpha value is -1.10. The van der Waals surface area contributed by atoms with E-state index in [1.165, 1.54) is 7.11 Å². The van der Waals surface area contributed by atoms with E-state index in [-0.39, 0.29) is 24.5 Å². The van der Waals surface area contributed by atoms with Crippen LogP contribution in [0, 0.1) is 5.92 Å². The van der Waals surface area contributed by atoms with Crippen LogP contribution in [-0.2, 0) is 14.3 Å². The Morgan fingerprint density at radius 2 is 1.80 bits per heavy atom. The van der Waals surface area contributed by atoms with Crippen LogP contribution < -0.4 is 5.73 Å². The highest BCUT2D eigenvalue weighted by molar-refractivity contribution is 5.82. The van der Waals surface area contributed by atoms with Crippen molar-refractivity contribution in [3.05, 3.63) is 0 Å². The fraction of sp³-hybridized carbons (Fsp3) is 0.867. The molecule has 0 aliphatic carbocycles. The average molecular weight is 286 g/mol. The standard InChI is InChI=1S/C15H30N2O3/c1-5-8-13(16)9-14(18)17(11-15(19)20-4)10-12(6-2)7-3/h12-13H,5-11,16H2,1-4H3. The van der Waals surface area contributed by atoms with E-state index in [0.717, 1.165) is 25.7 Å². The van der Waals surface area contributed by atoms with Crippen LogP contribution in [0.25, 0.3) is 0 Å². The second kappa shape index (κ2) is 10.7. The van der Waals surface area contributed by atoms with Crippen LogP contribution in [0.15, 0.2) is 0 Å². The van der Waals surface area contributed by atoms with Gasteiger partial charge in [-0.2, -0.15) is 0 Å². The maximum Gasteiger partial charge on any atom is 0.325 e. The molecule has 1 unspecified atom stereocenters. The lowest BCUT2D eigenvalue weighted by atomic mass is 10.0. The number of hydrogen-bond acceptors (Lipinski definition) is 4. The Balaban J connectivity index is 4.64. The number of rotatable bonds is 10. The molecule has 0 saturated heterocycles. The van der Waals surface area contributed by atoms with E-state index >= 15 is 0 Å². The van der Waals surface area contributed by atoms with E-state index in [2.05, 4.69) is 18.6 Å². The highest BCUT2D eigenvalue weighted by Gasteiger charge is 2.22. The van der Waals surface area contributed by atoms with Gasteiger partial charge in [-0.25, -0.2) is 0 Å². The molecule has 0 aromatic heterocycles. The molecule has 0 aromatic rings. The number of carbonyl (C=O) groups excluding carboxylic acids is 2. The van der Waals surface area contributed by atoms with Gasteiger partial charge < -0.3 is 15.4 Å². The molecule has 118 valence electrons. The number of esters is 1. The summed E-state index contributed by atoms with van der Waals surface area (Å²) in [6.45, 7) is 6.85. The monoisotopic (exact) mass is 286 g/mol. The van der Waals surface area contributed by atoms with Crippen molar-refractivity contribution in [2.24, 2.45) is 11.7 Å². The smallest absolute Gasteiger partial charge is 0.325 e. The second-order valence-electron chi connectivity index (χ2n) is 5.29. The number of ether oxygens (including phenoxy) is 1. The predicted octanol–water partition coefficient (Wildman–Crippen LogP) is 1.94. The maximum absolute atomic E-state index is 12.3. The van der Waals surface area contributed by atoms with Crippen LogP contribution in [0.1, 0.15) is 52.9 Å². The van der Waals surface area contributed by atoms with Crippen molar-refractivity contribution in [2.45, 2.75) is 58.9 Å². The van der Waals surface area contributed by atoms with Gasteiger partial charge in [0.05, 0.1) is 7.11 Å². The minimum Gasteiger partial charge on any atom is -0.468 e. The Bertz CT molecular complexity index is 291. The SMILES string of the molecule is CCCC(N)CC(=O)N(CC(=O)OC)CC(CC)CC. The zero-order valence-corrected chi connectivity index (χ0v) is 13.4. The topological polar surface area (TPSA) is 72.6 Å². The molecule has 0 aromatic carbocycles. The molecule has 0 bridgehead atoms. The van der Waals surface area contributed by atoms with E-state index in [0.29, 0.717) is 18.9 Å². The molecular formula is C15H30N2O3. The van der Waals surface area contributed by atoms with E-state index in [1.807, 2.05) is 6.92 Å². The zero-order chi connectivity index (χ0) is 15.5. The summed E-state index contributed by atoms with van der Waals surface area (Å²) in [5.74, 6) is -0.0253. The number of carbonyl (C=O) groups is 2. The number of amides is 1. The van der Waals surface area contributed by atoms with Crippen LogP contribution in [0.4, 0.5) is 0 Å². The number of nitrogens with zero attached hydrogens (tertiary/aromatic N) is 1. The van der Waals surface area contributed by atoms with Gasteiger partial charge in [-0.1, -0.05) is 40.0 Å². The summed E-state index contributed by atoms with van der Waals surface area (Å²) >= 11 is 0. The largest absolute Gasteiger partial charge is 0.468 e. The zero-order valence-electron chi connectivity index (χ0n) is 13.4. The van der Waals surface area contributed by atoms with Crippen LogP contribution >= 0.6 is 0 Å². The van der Waals surface area contributed by atoms with Crippen LogP contribution in [0.5, 0.6) is 0 Å². The van der Waals surface area contributed by atoms with Crippen molar-refractivity contribution >= 4 is 11.9 Å². The first kappa shape index (κ1) is 18.9. The summed E-state index contributed by atoms with van der Waals surface area (Å²) in [6, 6.07) is -0.130. The van der Waals surface area contributed by atoms with Gasteiger partial charge >= 0.3 is 5.97 Å². The van der Waals surface area contributed by atoms with Gasteiger partial charge in [0.1, 0.15) is 6.54 Å². The molecule has 0 rings (SSSR count). The molecule has 0 saturated carbocycles. The summed E-state index contributed by atoms with van der Waals surface area (Å²) in [5, 5.41) is 0. The molecule has 5 nitrogen and oxygen atoms in total. The summed E-state index contributed by atoms with van der Waals surface area (Å²) in [4.78, 5) is 25.3. The first-order valence-electron chi connectivity index (χ1n) is 7.58. The first-order chi connectivity index (χ1) is 9.48. The lowest BCUT2D eigenvalue weighted by Crippen LogP contribution is -2.41. The summed E-state index contributed by atoms with van der Waals surface area (Å²) in [6.07, 6.45) is 4.05.